The first-order chi connectivity index (χ1) is 7.20. The Labute approximate surface area is 104 Å². The van der Waals surface area contributed by atoms with E-state index in [4.69, 9.17) is 0 Å². The first-order valence-corrected chi connectivity index (χ1v) is 6.22. The molecular formula is C12H23ClN2O. The van der Waals surface area contributed by atoms with E-state index in [0.29, 0.717) is 5.91 Å². The molecule has 0 atom stereocenters. The zero-order chi connectivity index (χ0) is 10.7. The summed E-state index contributed by atoms with van der Waals surface area (Å²) >= 11 is 0. The zero-order valence-corrected chi connectivity index (χ0v) is 10.9. The van der Waals surface area contributed by atoms with E-state index in [9.17, 15) is 4.79 Å². The number of carbonyl (C=O) groups is 1. The van der Waals surface area contributed by atoms with Crippen molar-refractivity contribution >= 4 is 18.3 Å². The van der Waals surface area contributed by atoms with Crippen molar-refractivity contribution in [3.05, 3.63) is 0 Å². The molecule has 2 N–H and O–H groups in total. The topological polar surface area (TPSA) is 41.1 Å². The van der Waals surface area contributed by atoms with Crippen molar-refractivity contribution < 1.29 is 4.79 Å². The van der Waals surface area contributed by atoms with E-state index in [2.05, 4.69) is 17.6 Å². The lowest BCUT2D eigenvalue weighted by Gasteiger charge is -2.29. The largest absolute Gasteiger partial charge is 0.351 e. The van der Waals surface area contributed by atoms with Crippen LogP contribution in [-0.4, -0.2) is 24.5 Å². The number of hydrogen-bond acceptors (Lipinski definition) is 2. The van der Waals surface area contributed by atoms with Crippen molar-refractivity contribution in [2.75, 3.05) is 13.1 Å². The summed E-state index contributed by atoms with van der Waals surface area (Å²) in [5, 5.41) is 6.55. The minimum atomic E-state index is 0. The number of piperidine rings is 1. The monoisotopic (exact) mass is 246 g/mol. The molecule has 0 unspecified atom stereocenters. The van der Waals surface area contributed by atoms with E-state index in [1.807, 2.05) is 0 Å². The van der Waals surface area contributed by atoms with E-state index in [1.54, 1.807) is 0 Å². The van der Waals surface area contributed by atoms with Gasteiger partial charge in [0.1, 0.15) is 0 Å². The van der Waals surface area contributed by atoms with Gasteiger partial charge in [-0.15, -0.1) is 12.4 Å². The molecule has 0 aromatic heterocycles. The van der Waals surface area contributed by atoms with Crippen LogP contribution in [0.2, 0.25) is 0 Å². The van der Waals surface area contributed by atoms with Gasteiger partial charge in [-0.05, 0) is 45.7 Å². The van der Waals surface area contributed by atoms with Crippen molar-refractivity contribution in [1.29, 1.82) is 0 Å². The van der Waals surface area contributed by atoms with Gasteiger partial charge in [-0.3, -0.25) is 4.79 Å². The summed E-state index contributed by atoms with van der Waals surface area (Å²) in [6.45, 7) is 4.18. The van der Waals surface area contributed by atoms with E-state index < -0.39 is 0 Å². The second-order valence-corrected chi connectivity index (χ2v) is 5.28. The van der Waals surface area contributed by atoms with Crippen LogP contribution in [0.15, 0.2) is 0 Å². The minimum absolute atomic E-state index is 0. The van der Waals surface area contributed by atoms with Crippen LogP contribution in [0, 0.1) is 5.92 Å². The highest BCUT2D eigenvalue weighted by atomic mass is 35.5. The van der Waals surface area contributed by atoms with E-state index >= 15 is 0 Å². The van der Waals surface area contributed by atoms with Gasteiger partial charge in [0, 0.05) is 11.5 Å². The van der Waals surface area contributed by atoms with Crippen LogP contribution in [0.3, 0.4) is 0 Å². The quantitative estimate of drug-likeness (QED) is 0.781. The number of carbonyl (C=O) groups excluding carboxylic acids is 1. The summed E-state index contributed by atoms with van der Waals surface area (Å²) in [5.41, 5.74) is 0.0992. The highest BCUT2D eigenvalue weighted by Gasteiger charge is 2.32. The Hall–Kier alpha value is -0.280. The zero-order valence-electron chi connectivity index (χ0n) is 10.1. The predicted octanol–water partition coefficient (Wildman–Crippen LogP) is 1.86. The molecule has 1 saturated heterocycles. The number of amides is 1. The van der Waals surface area contributed by atoms with Gasteiger partial charge in [0.15, 0.2) is 0 Å². The summed E-state index contributed by atoms with van der Waals surface area (Å²) in [6, 6.07) is 0. The van der Waals surface area contributed by atoms with Crippen molar-refractivity contribution in [2.24, 2.45) is 5.92 Å². The fraction of sp³-hybridized carbons (Fsp3) is 0.917. The van der Waals surface area contributed by atoms with Crippen LogP contribution < -0.4 is 10.6 Å². The number of hydrogen-bond donors (Lipinski definition) is 2. The smallest absolute Gasteiger partial charge is 0.223 e. The molecule has 0 aromatic rings. The molecule has 1 saturated carbocycles. The van der Waals surface area contributed by atoms with Gasteiger partial charge in [-0.1, -0.05) is 12.8 Å². The molecule has 94 valence electrons. The number of rotatable bonds is 2. The standard InChI is InChI=1S/C12H22N2O.ClH/c1-12(6-2-3-7-12)14-11(15)10-4-8-13-9-5-10;/h10,13H,2-9H2,1H3,(H,14,15);1H. The Balaban J connectivity index is 0.00000128. The third-order valence-corrected chi connectivity index (χ3v) is 3.84. The molecule has 2 fully saturated rings. The van der Waals surface area contributed by atoms with Crippen molar-refractivity contribution in [3.8, 4) is 0 Å². The molecule has 0 spiro atoms. The fourth-order valence-corrected chi connectivity index (χ4v) is 2.76. The van der Waals surface area contributed by atoms with Crippen LogP contribution in [-0.2, 0) is 4.79 Å². The lowest BCUT2D eigenvalue weighted by atomic mass is 9.94. The highest BCUT2D eigenvalue weighted by molar-refractivity contribution is 5.85. The maximum atomic E-state index is 12.0. The maximum absolute atomic E-state index is 12.0. The molecule has 3 nitrogen and oxygen atoms in total. The van der Waals surface area contributed by atoms with E-state index in [0.717, 1.165) is 38.8 Å². The fourth-order valence-electron chi connectivity index (χ4n) is 2.76. The molecule has 1 amide bonds. The average molecular weight is 247 g/mol. The van der Waals surface area contributed by atoms with Crippen molar-refractivity contribution in [1.82, 2.24) is 10.6 Å². The third-order valence-electron chi connectivity index (χ3n) is 3.84. The molecule has 16 heavy (non-hydrogen) atoms. The molecule has 1 aliphatic carbocycles. The molecule has 4 heteroatoms. The summed E-state index contributed by atoms with van der Waals surface area (Å²) in [4.78, 5) is 12.0. The van der Waals surface area contributed by atoms with E-state index in [-0.39, 0.29) is 23.9 Å². The summed E-state index contributed by atoms with van der Waals surface area (Å²) in [7, 11) is 0. The third kappa shape index (κ3) is 3.36. The molecule has 0 bridgehead atoms. The predicted molar refractivity (Wildman–Crippen MR) is 67.9 cm³/mol. The van der Waals surface area contributed by atoms with Gasteiger partial charge in [-0.25, -0.2) is 0 Å². The van der Waals surface area contributed by atoms with Gasteiger partial charge in [0.2, 0.25) is 5.91 Å². The minimum Gasteiger partial charge on any atom is -0.351 e. The number of halogens is 1. The second kappa shape index (κ2) is 5.87. The Morgan fingerprint density at radius 1 is 1.25 bits per heavy atom. The Bertz CT molecular complexity index is 233. The molecule has 0 aromatic carbocycles. The second-order valence-electron chi connectivity index (χ2n) is 5.28. The maximum Gasteiger partial charge on any atom is 0.223 e. The van der Waals surface area contributed by atoms with E-state index in [1.165, 1.54) is 12.8 Å². The Kier molecular flexibility index (Phi) is 5.06. The van der Waals surface area contributed by atoms with Crippen LogP contribution >= 0.6 is 12.4 Å². The van der Waals surface area contributed by atoms with Gasteiger partial charge in [0.25, 0.3) is 0 Å². The first-order valence-electron chi connectivity index (χ1n) is 6.22. The summed E-state index contributed by atoms with van der Waals surface area (Å²) < 4.78 is 0. The average Bonchev–Trinajstić information content (AvgIpc) is 2.66. The van der Waals surface area contributed by atoms with Crippen molar-refractivity contribution in [3.63, 3.8) is 0 Å². The van der Waals surface area contributed by atoms with Crippen LogP contribution in [0.1, 0.15) is 45.4 Å². The Morgan fingerprint density at radius 3 is 2.38 bits per heavy atom. The normalized spacial score (nSPS) is 24.8. The summed E-state index contributed by atoms with van der Waals surface area (Å²) in [6.07, 6.45) is 6.85. The van der Waals surface area contributed by atoms with Crippen molar-refractivity contribution in [2.45, 2.75) is 51.0 Å². The highest BCUT2D eigenvalue weighted by Crippen LogP contribution is 2.29. The first kappa shape index (κ1) is 13.8. The van der Waals surface area contributed by atoms with Crippen LogP contribution in [0.25, 0.3) is 0 Å². The molecular weight excluding hydrogens is 224 g/mol. The van der Waals surface area contributed by atoms with Crippen LogP contribution in [0.5, 0.6) is 0 Å². The molecule has 1 heterocycles. The molecule has 0 radical (unpaired) electrons. The molecule has 2 rings (SSSR count). The van der Waals surface area contributed by atoms with Gasteiger partial charge >= 0.3 is 0 Å². The van der Waals surface area contributed by atoms with Gasteiger partial charge in [0.05, 0.1) is 0 Å². The summed E-state index contributed by atoms with van der Waals surface area (Å²) in [5.74, 6) is 0.546. The lowest BCUT2D eigenvalue weighted by molar-refractivity contribution is -0.127. The molecule has 2 aliphatic rings. The van der Waals surface area contributed by atoms with Gasteiger partial charge in [-0.2, -0.15) is 0 Å². The lowest BCUT2D eigenvalue weighted by Crippen LogP contribution is -2.48. The van der Waals surface area contributed by atoms with Gasteiger partial charge < -0.3 is 10.6 Å². The Morgan fingerprint density at radius 2 is 1.81 bits per heavy atom. The molecule has 1 aliphatic heterocycles. The van der Waals surface area contributed by atoms with Crippen LogP contribution in [0.4, 0.5) is 0 Å². The SMILES string of the molecule is CC1(NC(=O)C2CCNCC2)CCCC1.Cl. The number of nitrogens with one attached hydrogen (secondary N) is 2.